The maximum atomic E-state index is 14.1. The average Bonchev–Trinajstić information content (AvgIpc) is 2.61. The van der Waals surface area contributed by atoms with E-state index in [1.165, 1.54) is 13.2 Å². The predicted octanol–water partition coefficient (Wildman–Crippen LogP) is 2.99. The third kappa shape index (κ3) is 2.67. The largest absolute Gasteiger partial charge is 0.498 e. The van der Waals surface area contributed by atoms with E-state index in [9.17, 15) is 8.78 Å². The molecule has 3 nitrogen and oxygen atoms in total. The quantitative estimate of drug-likeness (QED) is 0.633. The van der Waals surface area contributed by atoms with E-state index in [1.807, 2.05) is 27.7 Å². The van der Waals surface area contributed by atoms with Gasteiger partial charge in [-0.05, 0) is 40.0 Å². The Labute approximate surface area is 128 Å². The zero-order valence-electron chi connectivity index (χ0n) is 13.0. The topological polar surface area (TPSA) is 27.7 Å². The Kier molecular flexibility index (Phi) is 4.30. The van der Waals surface area contributed by atoms with Crippen molar-refractivity contribution in [3.05, 3.63) is 17.7 Å². The predicted molar refractivity (Wildman–Crippen MR) is 80.4 cm³/mol. The van der Waals surface area contributed by atoms with Gasteiger partial charge in [-0.3, -0.25) is 0 Å². The second kappa shape index (κ2) is 5.45. The van der Waals surface area contributed by atoms with Crippen molar-refractivity contribution in [1.29, 1.82) is 0 Å². The molecule has 21 heavy (non-hydrogen) atoms. The zero-order valence-corrected chi connectivity index (χ0v) is 13.9. The number of benzene rings is 1. The van der Waals surface area contributed by atoms with Crippen LogP contribution in [-0.2, 0) is 9.31 Å². The van der Waals surface area contributed by atoms with Gasteiger partial charge in [-0.2, -0.15) is 4.39 Å². The van der Waals surface area contributed by atoms with Crippen molar-refractivity contribution in [2.24, 2.45) is 0 Å². The minimum atomic E-state index is -1.02. The summed E-state index contributed by atoms with van der Waals surface area (Å²) in [4.78, 5) is 0.193. The molecule has 1 aliphatic heterocycles. The number of halogens is 2. The number of thioether (sulfide) groups is 1. The summed E-state index contributed by atoms with van der Waals surface area (Å²) in [6, 6.07) is 1.52. The lowest BCUT2D eigenvalue weighted by molar-refractivity contribution is 0.00578. The highest BCUT2D eigenvalue weighted by Gasteiger charge is 2.53. The van der Waals surface area contributed by atoms with Crippen molar-refractivity contribution in [1.82, 2.24) is 0 Å². The molecule has 0 saturated carbocycles. The SMILES string of the molecule is COc1c(B2OC(C)(C)C(C)(C)O2)cc(SC)c(F)c1F. The summed E-state index contributed by atoms with van der Waals surface area (Å²) in [6.45, 7) is 7.59. The van der Waals surface area contributed by atoms with Crippen LogP contribution in [0, 0.1) is 11.6 Å². The molecule has 116 valence electrons. The molecule has 0 radical (unpaired) electrons. The minimum Gasteiger partial charge on any atom is -0.494 e. The molecule has 1 aromatic carbocycles. The van der Waals surface area contributed by atoms with Gasteiger partial charge in [0.05, 0.1) is 18.3 Å². The van der Waals surface area contributed by atoms with Crippen LogP contribution in [0.3, 0.4) is 0 Å². The first-order chi connectivity index (χ1) is 9.64. The lowest BCUT2D eigenvalue weighted by Crippen LogP contribution is -2.41. The molecule has 0 N–H and O–H groups in total. The van der Waals surface area contributed by atoms with Gasteiger partial charge in [0.25, 0.3) is 0 Å². The van der Waals surface area contributed by atoms with Gasteiger partial charge in [0.15, 0.2) is 11.6 Å². The Morgan fingerprint density at radius 1 is 1.10 bits per heavy atom. The first-order valence-corrected chi connectivity index (χ1v) is 7.82. The molecule has 0 aliphatic carbocycles. The van der Waals surface area contributed by atoms with Gasteiger partial charge in [-0.1, -0.05) is 0 Å². The molecule has 0 aromatic heterocycles. The van der Waals surface area contributed by atoms with Crippen molar-refractivity contribution in [3.8, 4) is 5.75 Å². The van der Waals surface area contributed by atoms with E-state index in [0.717, 1.165) is 11.8 Å². The average molecular weight is 316 g/mol. The highest BCUT2D eigenvalue weighted by molar-refractivity contribution is 7.98. The standard InChI is InChI=1S/C14H19BF2O3S/c1-13(2)14(3,4)20-15(19-13)8-7-9(21-6)10(16)11(17)12(8)18-5/h7H,1-6H3. The van der Waals surface area contributed by atoms with Crippen LogP contribution in [-0.4, -0.2) is 31.7 Å². The zero-order chi connectivity index (χ0) is 16.0. The lowest BCUT2D eigenvalue weighted by Gasteiger charge is -2.32. The second-order valence-electron chi connectivity index (χ2n) is 5.92. The van der Waals surface area contributed by atoms with E-state index >= 15 is 0 Å². The monoisotopic (exact) mass is 316 g/mol. The fraction of sp³-hybridized carbons (Fsp3) is 0.571. The summed E-state index contributed by atoms with van der Waals surface area (Å²) in [6.07, 6.45) is 1.68. The highest BCUT2D eigenvalue weighted by Crippen LogP contribution is 2.38. The number of methoxy groups -OCH3 is 1. The molecule has 7 heteroatoms. The molecule has 0 amide bonds. The molecule has 1 fully saturated rings. The van der Waals surface area contributed by atoms with Gasteiger partial charge >= 0.3 is 7.12 Å². The number of hydrogen-bond donors (Lipinski definition) is 0. The van der Waals surface area contributed by atoms with Crippen LogP contribution < -0.4 is 10.2 Å². The highest BCUT2D eigenvalue weighted by atomic mass is 32.2. The van der Waals surface area contributed by atoms with Crippen LogP contribution in [0.2, 0.25) is 0 Å². The van der Waals surface area contributed by atoms with Crippen molar-refractivity contribution >= 4 is 24.3 Å². The van der Waals surface area contributed by atoms with Crippen molar-refractivity contribution in [2.75, 3.05) is 13.4 Å². The Hall–Kier alpha value is -0.785. The fourth-order valence-corrected chi connectivity index (χ4v) is 2.62. The normalized spacial score (nSPS) is 19.9. The van der Waals surface area contributed by atoms with Crippen molar-refractivity contribution in [3.63, 3.8) is 0 Å². The summed E-state index contributed by atoms with van der Waals surface area (Å²) >= 11 is 1.12. The molecular formula is C14H19BF2O3S. The van der Waals surface area contributed by atoms with Crippen LogP contribution in [0.25, 0.3) is 0 Å². The van der Waals surface area contributed by atoms with Crippen LogP contribution in [0.4, 0.5) is 8.78 Å². The van der Waals surface area contributed by atoms with Gasteiger partial charge in [0, 0.05) is 10.4 Å². The summed E-state index contributed by atoms with van der Waals surface area (Å²) in [7, 11) is 0.497. The van der Waals surface area contributed by atoms with E-state index in [4.69, 9.17) is 14.0 Å². The Bertz CT molecular complexity index is 548. The van der Waals surface area contributed by atoms with Crippen LogP contribution in [0.1, 0.15) is 27.7 Å². The van der Waals surface area contributed by atoms with Gasteiger partial charge in [-0.25, -0.2) is 4.39 Å². The van der Waals surface area contributed by atoms with E-state index in [-0.39, 0.29) is 10.6 Å². The van der Waals surface area contributed by atoms with Crippen LogP contribution in [0.5, 0.6) is 5.75 Å². The van der Waals surface area contributed by atoms with E-state index < -0.39 is 30.0 Å². The van der Waals surface area contributed by atoms with E-state index in [2.05, 4.69) is 0 Å². The molecule has 0 spiro atoms. The third-order valence-electron chi connectivity index (χ3n) is 4.09. The third-order valence-corrected chi connectivity index (χ3v) is 4.83. The molecule has 1 aliphatic rings. The van der Waals surface area contributed by atoms with E-state index in [1.54, 1.807) is 6.26 Å². The Morgan fingerprint density at radius 2 is 1.62 bits per heavy atom. The van der Waals surface area contributed by atoms with Crippen LogP contribution >= 0.6 is 11.8 Å². The van der Waals surface area contributed by atoms with Crippen molar-refractivity contribution in [2.45, 2.75) is 43.8 Å². The maximum absolute atomic E-state index is 14.1. The molecule has 1 aromatic rings. The molecule has 2 rings (SSSR count). The van der Waals surface area contributed by atoms with Crippen molar-refractivity contribution < 1.29 is 22.8 Å². The summed E-state index contributed by atoms with van der Waals surface area (Å²) in [5.41, 5.74) is -0.764. The molecule has 0 unspecified atom stereocenters. The van der Waals surface area contributed by atoms with Gasteiger partial charge < -0.3 is 14.0 Å². The van der Waals surface area contributed by atoms with Gasteiger partial charge in [-0.15, -0.1) is 11.8 Å². The lowest BCUT2D eigenvalue weighted by atomic mass is 9.78. The molecule has 0 bridgehead atoms. The second-order valence-corrected chi connectivity index (χ2v) is 6.77. The maximum Gasteiger partial charge on any atom is 0.498 e. The van der Waals surface area contributed by atoms with Gasteiger partial charge in [0.2, 0.25) is 5.82 Å². The smallest absolute Gasteiger partial charge is 0.494 e. The Balaban J connectivity index is 2.53. The summed E-state index contributed by atoms with van der Waals surface area (Å²) in [5, 5.41) is 0. The fourth-order valence-electron chi connectivity index (χ4n) is 2.11. The van der Waals surface area contributed by atoms with Crippen LogP contribution in [0.15, 0.2) is 11.0 Å². The number of hydrogen-bond acceptors (Lipinski definition) is 4. The Morgan fingerprint density at radius 3 is 2.05 bits per heavy atom. The van der Waals surface area contributed by atoms with E-state index in [0.29, 0.717) is 5.46 Å². The summed E-state index contributed by atoms with van der Waals surface area (Å²) < 4.78 is 44.8. The number of rotatable bonds is 3. The number of ether oxygens (including phenoxy) is 1. The molecule has 1 heterocycles. The molecule has 1 saturated heterocycles. The molecular weight excluding hydrogens is 297 g/mol. The van der Waals surface area contributed by atoms with Gasteiger partial charge in [0.1, 0.15) is 0 Å². The first-order valence-electron chi connectivity index (χ1n) is 6.60. The first kappa shape index (κ1) is 16.6. The molecule has 0 atom stereocenters. The summed E-state index contributed by atoms with van der Waals surface area (Å²) in [5.74, 6) is -2.11. The minimum absolute atomic E-state index is 0.177.